The largest absolute Gasteiger partial charge is 0.493 e. The minimum atomic E-state index is 0.646. The smallest absolute Gasteiger partial charge is 0.161 e. The van der Waals surface area contributed by atoms with E-state index in [2.05, 4.69) is 22.3 Å². The van der Waals surface area contributed by atoms with Gasteiger partial charge in [0.25, 0.3) is 0 Å². The maximum atomic E-state index is 5.60. The predicted octanol–water partition coefficient (Wildman–Crippen LogP) is 1.91. The summed E-state index contributed by atoms with van der Waals surface area (Å²) in [6.07, 6.45) is 1.16. The molecule has 0 bridgehead atoms. The van der Waals surface area contributed by atoms with Gasteiger partial charge in [0.05, 0.1) is 26.9 Å². The number of nitrogens with zero attached hydrogens (tertiary/aromatic N) is 1. The van der Waals surface area contributed by atoms with Crippen LogP contribution >= 0.6 is 0 Å². The number of hydrogen-bond donors (Lipinski definition) is 1. The molecule has 1 aliphatic heterocycles. The fourth-order valence-electron chi connectivity index (χ4n) is 2.58. The second-order valence-corrected chi connectivity index (χ2v) is 5.40. The van der Waals surface area contributed by atoms with Crippen LogP contribution in [0.4, 0.5) is 0 Å². The van der Waals surface area contributed by atoms with Gasteiger partial charge in [-0.15, -0.1) is 0 Å². The van der Waals surface area contributed by atoms with Crippen LogP contribution in [0.2, 0.25) is 0 Å². The minimum Gasteiger partial charge on any atom is -0.493 e. The second-order valence-electron chi connectivity index (χ2n) is 5.40. The first-order valence-electron chi connectivity index (χ1n) is 8.14. The monoisotopic (exact) mass is 308 g/mol. The molecule has 1 aromatic carbocycles. The molecule has 1 N–H and O–H groups in total. The number of rotatable bonds is 9. The van der Waals surface area contributed by atoms with Crippen LogP contribution in [0, 0.1) is 0 Å². The van der Waals surface area contributed by atoms with Crippen LogP contribution in [0.3, 0.4) is 0 Å². The van der Waals surface area contributed by atoms with Crippen LogP contribution < -0.4 is 14.8 Å². The van der Waals surface area contributed by atoms with Crippen molar-refractivity contribution < 1.29 is 14.2 Å². The van der Waals surface area contributed by atoms with Crippen LogP contribution in [-0.4, -0.2) is 58.0 Å². The summed E-state index contributed by atoms with van der Waals surface area (Å²) in [5.41, 5.74) is 1.22. The Labute approximate surface area is 133 Å². The molecule has 0 amide bonds. The van der Waals surface area contributed by atoms with E-state index in [1.165, 1.54) is 5.56 Å². The zero-order valence-electron chi connectivity index (χ0n) is 13.8. The Balaban J connectivity index is 1.68. The van der Waals surface area contributed by atoms with E-state index in [9.17, 15) is 0 Å². The van der Waals surface area contributed by atoms with Crippen LogP contribution in [-0.2, 0) is 11.3 Å². The fraction of sp³-hybridized carbons (Fsp3) is 0.647. The van der Waals surface area contributed by atoms with Gasteiger partial charge in [-0.25, -0.2) is 0 Å². The molecule has 124 valence electrons. The van der Waals surface area contributed by atoms with Crippen LogP contribution in [0.5, 0.6) is 11.5 Å². The van der Waals surface area contributed by atoms with Gasteiger partial charge in [-0.05, 0) is 44.1 Å². The lowest BCUT2D eigenvalue weighted by Crippen LogP contribution is -2.37. The molecular formula is C17H28N2O3. The Morgan fingerprint density at radius 3 is 2.77 bits per heavy atom. The Kier molecular flexibility index (Phi) is 7.49. The van der Waals surface area contributed by atoms with E-state index in [1.807, 2.05) is 13.0 Å². The quantitative estimate of drug-likeness (QED) is 0.706. The first-order valence-corrected chi connectivity index (χ1v) is 8.14. The van der Waals surface area contributed by atoms with Crippen LogP contribution in [0.15, 0.2) is 18.2 Å². The van der Waals surface area contributed by atoms with Crippen molar-refractivity contribution in [3.05, 3.63) is 23.8 Å². The molecule has 0 spiro atoms. The number of nitrogens with one attached hydrogen (secondary N) is 1. The van der Waals surface area contributed by atoms with Crippen molar-refractivity contribution in [2.75, 3.05) is 53.1 Å². The lowest BCUT2D eigenvalue weighted by molar-refractivity contribution is 0.0374. The summed E-state index contributed by atoms with van der Waals surface area (Å²) in [5.74, 6) is 1.61. The molecule has 5 nitrogen and oxygen atoms in total. The SMILES string of the molecule is CCOc1cc(CNCCCN2CCOCC2)ccc1OC. The van der Waals surface area contributed by atoms with E-state index in [0.717, 1.165) is 63.9 Å². The highest BCUT2D eigenvalue weighted by Crippen LogP contribution is 2.27. The Hall–Kier alpha value is -1.30. The van der Waals surface area contributed by atoms with Gasteiger partial charge in [0.15, 0.2) is 11.5 Å². The van der Waals surface area contributed by atoms with E-state index in [1.54, 1.807) is 7.11 Å². The topological polar surface area (TPSA) is 43.0 Å². The van der Waals surface area contributed by atoms with Crippen molar-refractivity contribution in [2.45, 2.75) is 19.9 Å². The normalized spacial score (nSPS) is 15.7. The number of ether oxygens (including phenoxy) is 3. The Morgan fingerprint density at radius 2 is 2.05 bits per heavy atom. The third kappa shape index (κ3) is 5.48. The average molecular weight is 308 g/mol. The van der Waals surface area contributed by atoms with Crippen molar-refractivity contribution in [1.29, 1.82) is 0 Å². The van der Waals surface area contributed by atoms with Gasteiger partial charge in [-0.1, -0.05) is 6.07 Å². The molecule has 2 rings (SSSR count). The molecule has 1 aliphatic rings. The van der Waals surface area contributed by atoms with Gasteiger partial charge in [0, 0.05) is 19.6 Å². The molecule has 1 aromatic rings. The van der Waals surface area contributed by atoms with Crippen LogP contribution in [0.1, 0.15) is 18.9 Å². The first kappa shape index (κ1) is 17.1. The third-order valence-corrected chi connectivity index (χ3v) is 3.79. The molecule has 1 fully saturated rings. The third-order valence-electron chi connectivity index (χ3n) is 3.79. The van der Waals surface area contributed by atoms with Crippen LogP contribution in [0.25, 0.3) is 0 Å². The van der Waals surface area contributed by atoms with Crippen molar-refractivity contribution in [2.24, 2.45) is 0 Å². The maximum Gasteiger partial charge on any atom is 0.161 e. The minimum absolute atomic E-state index is 0.646. The Morgan fingerprint density at radius 1 is 1.23 bits per heavy atom. The fourth-order valence-corrected chi connectivity index (χ4v) is 2.58. The van der Waals surface area contributed by atoms with E-state index in [-0.39, 0.29) is 0 Å². The molecule has 22 heavy (non-hydrogen) atoms. The van der Waals surface area contributed by atoms with Crippen molar-refractivity contribution in [1.82, 2.24) is 10.2 Å². The average Bonchev–Trinajstić information content (AvgIpc) is 2.56. The number of methoxy groups -OCH3 is 1. The van der Waals surface area contributed by atoms with Crippen molar-refractivity contribution in [3.8, 4) is 11.5 Å². The molecule has 0 saturated carbocycles. The zero-order chi connectivity index (χ0) is 15.6. The summed E-state index contributed by atoms with van der Waals surface area (Å²) in [5, 5.41) is 3.49. The predicted molar refractivity (Wildman–Crippen MR) is 87.7 cm³/mol. The number of benzene rings is 1. The number of morpholine rings is 1. The molecule has 0 radical (unpaired) electrons. The highest BCUT2D eigenvalue weighted by atomic mass is 16.5. The van der Waals surface area contributed by atoms with Gasteiger partial charge in [-0.2, -0.15) is 0 Å². The van der Waals surface area contributed by atoms with Gasteiger partial charge in [0.1, 0.15) is 0 Å². The highest BCUT2D eigenvalue weighted by molar-refractivity contribution is 5.42. The molecule has 0 atom stereocenters. The van der Waals surface area contributed by atoms with Gasteiger partial charge in [0.2, 0.25) is 0 Å². The molecule has 1 heterocycles. The van der Waals surface area contributed by atoms with Crippen molar-refractivity contribution >= 4 is 0 Å². The lowest BCUT2D eigenvalue weighted by atomic mass is 10.2. The summed E-state index contributed by atoms with van der Waals surface area (Å²) in [6.45, 7) is 9.53. The highest BCUT2D eigenvalue weighted by Gasteiger charge is 2.09. The van der Waals surface area contributed by atoms with E-state index >= 15 is 0 Å². The molecule has 0 aromatic heterocycles. The summed E-state index contributed by atoms with van der Waals surface area (Å²) in [6, 6.07) is 6.10. The summed E-state index contributed by atoms with van der Waals surface area (Å²) < 4.78 is 16.3. The summed E-state index contributed by atoms with van der Waals surface area (Å²) >= 11 is 0. The summed E-state index contributed by atoms with van der Waals surface area (Å²) in [7, 11) is 1.67. The first-order chi connectivity index (χ1) is 10.8. The zero-order valence-corrected chi connectivity index (χ0v) is 13.8. The Bertz CT molecular complexity index is 434. The summed E-state index contributed by atoms with van der Waals surface area (Å²) in [4.78, 5) is 2.46. The lowest BCUT2D eigenvalue weighted by Gasteiger charge is -2.26. The van der Waals surface area contributed by atoms with Gasteiger partial charge < -0.3 is 19.5 Å². The second kappa shape index (κ2) is 9.66. The number of hydrogen-bond acceptors (Lipinski definition) is 5. The van der Waals surface area contributed by atoms with Gasteiger partial charge >= 0.3 is 0 Å². The molecule has 0 aliphatic carbocycles. The van der Waals surface area contributed by atoms with E-state index in [0.29, 0.717) is 6.61 Å². The maximum absolute atomic E-state index is 5.60. The van der Waals surface area contributed by atoms with E-state index < -0.39 is 0 Å². The molecule has 5 heteroatoms. The molecule has 0 unspecified atom stereocenters. The van der Waals surface area contributed by atoms with Gasteiger partial charge in [-0.3, -0.25) is 4.90 Å². The molecule has 1 saturated heterocycles. The van der Waals surface area contributed by atoms with Crippen molar-refractivity contribution in [3.63, 3.8) is 0 Å². The van der Waals surface area contributed by atoms with E-state index in [4.69, 9.17) is 14.2 Å². The standard InChI is InChI=1S/C17H28N2O3/c1-3-22-17-13-15(5-6-16(17)20-2)14-18-7-4-8-19-9-11-21-12-10-19/h5-6,13,18H,3-4,7-12,14H2,1-2H3. The molecular weight excluding hydrogens is 280 g/mol.